The summed E-state index contributed by atoms with van der Waals surface area (Å²) in [7, 11) is 0. The van der Waals surface area contributed by atoms with Crippen molar-refractivity contribution in [2.75, 3.05) is 16.8 Å². The maximum absolute atomic E-state index is 13.0. The Morgan fingerprint density at radius 2 is 2.10 bits per heavy atom. The predicted molar refractivity (Wildman–Crippen MR) is 83.9 cm³/mol. The third-order valence-corrected chi connectivity index (χ3v) is 3.62. The van der Waals surface area contributed by atoms with Crippen molar-refractivity contribution in [1.82, 2.24) is 4.98 Å². The third-order valence-electron chi connectivity index (χ3n) is 2.71. The van der Waals surface area contributed by atoms with E-state index in [1.807, 2.05) is 26.0 Å². The van der Waals surface area contributed by atoms with Gasteiger partial charge in [0.25, 0.3) is 0 Å². The molecule has 1 aromatic heterocycles. The van der Waals surface area contributed by atoms with Crippen molar-refractivity contribution in [1.29, 1.82) is 0 Å². The number of nitrogens with one attached hydrogen (secondary N) is 1. The van der Waals surface area contributed by atoms with Crippen LogP contribution in [0, 0.1) is 19.7 Å². The fraction of sp³-hybridized carbons (Fsp3) is 0.200. The number of nitrogens with zero attached hydrogens (tertiary/aromatic N) is 1. The minimum atomic E-state index is -0.498. The highest BCUT2D eigenvalue weighted by atomic mass is 32.2. The van der Waals surface area contributed by atoms with E-state index in [0.717, 1.165) is 16.3 Å². The first kappa shape index (κ1) is 15.3. The largest absolute Gasteiger partial charge is 0.396 e. The Bertz CT molecular complexity index is 656. The number of pyridine rings is 1. The number of hydrogen-bond donors (Lipinski definition) is 2. The second-order valence-corrected chi connectivity index (χ2v) is 5.69. The first-order valence-electron chi connectivity index (χ1n) is 6.37. The van der Waals surface area contributed by atoms with Crippen LogP contribution in [0.2, 0.25) is 0 Å². The van der Waals surface area contributed by atoms with Gasteiger partial charge in [-0.15, -0.1) is 0 Å². The molecule has 0 aliphatic carbocycles. The summed E-state index contributed by atoms with van der Waals surface area (Å²) in [6, 6.07) is 8.01. The van der Waals surface area contributed by atoms with Crippen LogP contribution in [0.1, 0.15) is 11.3 Å². The molecule has 0 fully saturated rings. The number of amides is 1. The Hall–Kier alpha value is -2.08. The summed E-state index contributed by atoms with van der Waals surface area (Å²) < 4.78 is 13.0. The third kappa shape index (κ3) is 4.46. The van der Waals surface area contributed by atoms with Gasteiger partial charge in [0.2, 0.25) is 5.91 Å². The number of anilines is 2. The van der Waals surface area contributed by atoms with Gasteiger partial charge >= 0.3 is 0 Å². The fourth-order valence-corrected chi connectivity index (χ4v) is 2.67. The van der Waals surface area contributed by atoms with E-state index in [9.17, 15) is 9.18 Å². The average Bonchev–Trinajstić information content (AvgIpc) is 2.40. The zero-order valence-electron chi connectivity index (χ0n) is 11.8. The molecule has 1 heterocycles. The molecule has 4 nitrogen and oxygen atoms in total. The van der Waals surface area contributed by atoms with Gasteiger partial charge in [0, 0.05) is 11.4 Å². The van der Waals surface area contributed by atoms with Gasteiger partial charge in [0.1, 0.15) is 5.82 Å². The highest BCUT2D eigenvalue weighted by Crippen LogP contribution is 2.19. The lowest BCUT2D eigenvalue weighted by Gasteiger charge is -2.07. The van der Waals surface area contributed by atoms with Gasteiger partial charge in [-0.2, -0.15) is 0 Å². The van der Waals surface area contributed by atoms with Crippen LogP contribution in [-0.4, -0.2) is 16.6 Å². The van der Waals surface area contributed by atoms with E-state index in [1.54, 1.807) is 0 Å². The van der Waals surface area contributed by atoms with Gasteiger partial charge in [-0.05, 0) is 49.7 Å². The maximum Gasteiger partial charge on any atom is 0.234 e. The summed E-state index contributed by atoms with van der Waals surface area (Å²) in [6.45, 7) is 3.90. The Balaban J connectivity index is 1.94. The Morgan fingerprint density at radius 1 is 1.33 bits per heavy atom. The Kier molecular flexibility index (Phi) is 4.80. The molecule has 0 aliphatic rings. The topological polar surface area (TPSA) is 68.0 Å². The van der Waals surface area contributed by atoms with Gasteiger partial charge in [0.15, 0.2) is 0 Å². The van der Waals surface area contributed by atoms with E-state index in [4.69, 9.17) is 5.73 Å². The molecule has 6 heteroatoms. The van der Waals surface area contributed by atoms with Crippen molar-refractivity contribution in [2.24, 2.45) is 0 Å². The van der Waals surface area contributed by atoms with Crippen molar-refractivity contribution in [3.05, 3.63) is 47.4 Å². The van der Waals surface area contributed by atoms with Crippen LogP contribution in [0.3, 0.4) is 0 Å². The molecule has 0 bridgehead atoms. The number of halogens is 1. The summed E-state index contributed by atoms with van der Waals surface area (Å²) in [5.74, 6) is -0.457. The SMILES string of the molecule is Cc1cc(C)nc(SCC(=O)Nc2ccc(F)c(N)c2)c1. The molecule has 0 saturated carbocycles. The number of carbonyl (C=O) groups excluding carboxylic acids is 1. The molecular weight excluding hydrogens is 289 g/mol. The number of aromatic nitrogens is 1. The lowest BCUT2D eigenvalue weighted by Crippen LogP contribution is -2.14. The lowest BCUT2D eigenvalue weighted by molar-refractivity contribution is -0.113. The minimum Gasteiger partial charge on any atom is -0.396 e. The number of carbonyl (C=O) groups is 1. The van der Waals surface area contributed by atoms with Gasteiger partial charge in [-0.1, -0.05) is 11.8 Å². The molecule has 0 aliphatic heterocycles. The normalized spacial score (nSPS) is 10.4. The van der Waals surface area contributed by atoms with Crippen LogP contribution in [0.5, 0.6) is 0 Å². The van der Waals surface area contributed by atoms with Crippen molar-refractivity contribution in [3.63, 3.8) is 0 Å². The molecule has 0 spiro atoms. The zero-order chi connectivity index (χ0) is 15.4. The molecule has 0 radical (unpaired) electrons. The Labute approximate surface area is 127 Å². The van der Waals surface area contributed by atoms with Crippen LogP contribution in [-0.2, 0) is 4.79 Å². The van der Waals surface area contributed by atoms with Gasteiger partial charge in [-0.25, -0.2) is 9.37 Å². The summed E-state index contributed by atoms with van der Waals surface area (Å²) in [5.41, 5.74) is 7.97. The zero-order valence-corrected chi connectivity index (χ0v) is 12.6. The molecule has 110 valence electrons. The number of aryl methyl sites for hydroxylation is 2. The van der Waals surface area contributed by atoms with E-state index in [-0.39, 0.29) is 17.3 Å². The first-order valence-corrected chi connectivity index (χ1v) is 7.35. The smallest absolute Gasteiger partial charge is 0.234 e. The quantitative estimate of drug-likeness (QED) is 0.672. The fourth-order valence-electron chi connectivity index (χ4n) is 1.84. The number of hydrogen-bond acceptors (Lipinski definition) is 4. The monoisotopic (exact) mass is 305 g/mol. The second kappa shape index (κ2) is 6.58. The van der Waals surface area contributed by atoms with E-state index < -0.39 is 5.82 Å². The van der Waals surface area contributed by atoms with Crippen LogP contribution in [0.4, 0.5) is 15.8 Å². The lowest BCUT2D eigenvalue weighted by atomic mass is 10.2. The summed E-state index contributed by atoms with van der Waals surface area (Å²) >= 11 is 1.35. The number of nitrogens with two attached hydrogens (primary N) is 1. The van der Waals surface area contributed by atoms with Crippen LogP contribution in [0.15, 0.2) is 35.4 Å². The van der Waals surface area contributed by atoms with Crippen molar-refractivity contribution >= 4 is 29.0 Å². The molecule has 0 atom stereocenters. The molecular formula is C15H16FN3OS. The molecule has 1 amide bonds. The summed E-state index contributed by atoms with van der Waals surface area (Å²) in [6.07, 6.45) is 0. The van der Waals surface area contributed by atoms with E-state index in [2.05, 4.69) is 10.3 Å². The highest BCUT2D eigenvalue weighted by molar-refractivity contribution is 7.99. The molecule has 2 aromatic rings. The van der Waals surface area contributed by atoms with Crippen LogP contribution >= 0.6 is 11.8 Å². The highest BCUT2D eigenvalue weighted by Gasteiger charge is 2.07. The van der Waals surface area contributed by atoms with Gasteiger partial charge in [-0.3, -0.25) is 4.79 Å². The number of nitrogen functional groups attached to an aromatic ring is 1. The summed E-state index contributed by atoms with van der Waals surface area (Å²) in [4.78, 5) is 16.2. The predicted octanol–water partition coefficient (Wildman–Crippen LogP) is 3.15. The molecule has 0 unspecified atom stereocenters. The number of benzene rings is 1. The minimum absolute atomic E-state index is 0.0106. The van der Waals surface area contributed by atoms with E-state index in [1.165, 1.54) is 30.0 Å². The van der Waals surface area contributed by atoms with E-state index in [0.29, 0.717) is 5.69 Å². The molecule has 0 saturated heterocycles. The van der Waals surface area contributed by atoms with Gasteiger partial charge in [0.05, 0.1) is 16.5 Å². The van der Waals surface area contributed by atoms with Crippen molar-refractivity contribution in [3.8, 4) is 0 Å². The Morgan fingerprint density at radius 3 is 2.76 bits per heavy atom. The second-order valence-electron chi connectivity index (χ2n) is 4.70. The molecule has 1 aromatic carbocycles. The van der Waals surface area contributed by atoms with E-state index >= 15 is 0 Å². The first-order chi connectivity index (χ1) is 9.94. The maximum atomic E-state index is 13.0. The molecule has 3 N–H and O–H groups in total. The summed E-state index contributed by atoms with van der Waals surface area (Å²) in [5, 5.41) is 3.48. The van der Waals surface area contributed by atoms with Crippen LogP contribution < -0.4 is 11.1 Å². The molecule has 2 rings (SSSR count). The van der Waals surface area contributed by atoms with Crippen molar-refractivity contribution < 1.29 is 9.18 Å². The number of thioether (sulfide) groups is 1. The van der Waals surface area contributed by atoms with Crippen molar-refractivity contribution in [2.45, 2.75) is 18.9 Å². The van der Waals surface area contributed by atoms with Gasteiger partial charge < -0.3 is 11.1 Å². The standard InChI is InChI=1S/C15H16FN3OS/c1-9-5-10(2)18-15(6-9)21-8-14(20)19-11-3-4-12(16)13(17)7-11/h3-7H,8,17H2,1-2H3,(H,19,20). The molecule has 21 heavy (non-hydrogen) atoms. The average molecular weight is 305 g/mol. The van der Waals surface area contributed by atoms with Crippen LogP contribution in [0.25, 0.3) is 0 Å². The number of rotatable bonds is 4.